The Morgan fingerprint density at radius 3 is 2.26 bits per heavy atom. The highest BCUT2D eigenvalue weighted by Crippen LogP contribution is 2.38. The van der Waals surface area contributed by atoms with Gasteiger partial charge in [-0.1, -0.05) is 37.6 Å². The molecule has 0 heterocycles. The van der Waals surface area contributed by atoms with Crippen molar-refractivity contribution >= 4 is 28.9 Å². The molecule has 2 aromatic rings. The van der Waals surface area contributed by atoms with Crippen LogP contribution in [-0.4, -0.2) is 24.0 Å². The fourth-order valence-electron chi connectivity index (χ4n) is 2.29. The second kappa shape index (κ2) is 9.78. The number of nitro groups is 1. The summed E-state index contributed by atoms with van der Waals surface area (Å²) in [7, 11) is 0. The zero-order valence-corrected chi connectivity index (χ0v) is 15.9. The first-order chi connectivity index (χ1) is 13.0. The lowest BCUT2D eigenvalue weighted by molar-refractivity contribution is -0.384. The number of carbonyl (C=O) groups excluding carboxylic acids is 1. The summed E-state index contributed by atoms with van der Waals surface area (Å²) in [5, 5.41) is 14.3. The number of ether oxygens (including phenoxy) is 2. The van der Waals surface area contributed by atoms with Crippen LogP contribution in [0, 0.1) is 10.1 Å². The third-order valence-corrected chi connectivity index (χ3v) is 3.88. The summed E-state index contributed by atoms with van der Waals surface area (Å²) < 4.78 is 11.2. The van der Waals surface area contributed by atoms with Crippen LogP contribution in [0.5, 0.6) is 11.5 Å². The first-order valence-corrected chi connectivity index (χ1v) is 8.99. The Kier molecular flexibility index (Phi) is 7.43. The van der Waals surface area contributed by atoms with Crippen molar-refractivity contribution in [3.05, 3.63) is 57.1 Å². The number of halogens is 1. The SMILES string of the molecule is CCCOc1cc(NC(=O)c2ccccc2Cl)c([N+](=O)[O-])cc1OCCC. The summed E-state index contributed by atoms with van der Waals surface area (Å²) in [4.78, 5) is 23.4. The summed E-state index contributed by atoms with van der Waals surface area (Å²) in [6.45, 7) is 4.68. The molecular weight excluding hydrogens is 372 g/mol. The number of nitro benzene ring substituents is 1. The Labute approximate surface area is 162 Å². The minimum Gasteiger partial charge on any atom is -0.490 e. The van der Waals surface area contributed by atoms with E-state index in [1.165, 1.54) is 18.2 Å². The molecule has 0 saturated carbocycles. The number of anilines is 1. The Hall–Kier alpha value is -2.80. The van der Waals surface area contributed by atoms with Crippen LogP contribution >= 0.6 is 11.6 Å². The monoisotopic (exact) mass is 392 g/mol. The molecule has 1 N–H and O–H groups in total. The van der Waals surface area contributed by atoms with Crippen molar-refractivity contribution in [2.45, 2.75) is 26.7 Å². The summed E-state index contributed by atoms with van der Waals surface area (Å²) in [6.07, 6.45) is 1.50. The fraction of sp³-hybridized carbons (Fsp3) is 0.316. The van der Waals surface area contributed by atoms with Crippen molar-refractivity contribution in [1.82, 2.24) is 0 Å². The van der Waals surface area contributed by atoms with Crippen LogP contribution in [0.15, 0.2) is 36.4 Å². The lowest BCUT2D eigenvalue weighted by Crippen LogP contribution is -2.14. The van der Waals surface area contributed by atoms with Gasteiger partial charge in [-0.25, -0.2) is 0 Å². The zero-order chi connectivity index (χ0) is 19.8. The second-order valence-corrected chi connectivity index (χ2v) is 6.11. The molecular formula is C19H21ClN2O5. The molecule has 0 aliphatic heterocycles. The molecule has 0 fully saturated rings. The van der Waals surface area contributed by atoms with Crippen molar-refractivity contribution in [2.24, 2.45) is 0 Å². The van der Waals surface area contributed by atoms with Gasteiger partial charge in [0.25, 0.3) is 11.6 Å². The number of hydrogen-bond acceptors (Lipinski definition) is 5. The largest absolute Gasteiger partial charge is 0.490 e. The predicted molar refractivity (Wildman–Crippen MR) is 104 cm³/mol. The van der Waals surface area contributed by atoms with Crippen molar-refractivity contribution in [1.29, 1.82) is 0 Å². The van der Waals surface area contributed by atoms with Gasteiger partial charge in [0.1, 0.15) is 5.69 Å². The summed E-state index contributed by atoms with van der Waals surface area (Å²) >= 11 is 6.03. The molecule has 144 valence electrons. The van der Waals surface area contributed by atoms with Gasteiger partial charge >= 0.3 is 0 Å². The highest BCUT2D eigenvalue weighted by molar-refractivity contribution is 6.34. The molecule has 7 nitrogen and oxygen atoms in total. The van der Waals surface area contributed by atoms with Crippen molar-refractivity contribution in [3.8, 4) is 11.5 Å². The lowest BCUT2D eigenvalue weighted by Gasteiger charge is -2.15. The molecule has 0 aliphatic rings. The maximum Gasteiger partial charge on any atom is 0.296 e. The molecule has 2 rings (SSSR count). The number of amides is 1. The molecule has 0 bridgehead atoms. The summed E-state index contributed by atoms with van der Waals surface area (Å²) in [5.41, 5.74) is -0.0546. The van der Waals surface area contributed by atoms with Gasteiger partial charge in [-0.15, -0.1) is 0 Å². The molecule has 0 saturated heterocycles. The molecule has 1 amide bonds. The van der Waals surface area contributed by atoms with E-state index in [-0.39, 0.29) is 27.7 Å². The van der Waals surface area contributed by atoms with E-state index in [4.69, 9.17) is 21.1 Å². The maximum absolute atomic E-state index is 12.5. The molecule has 0 aromatic heterocycles. The van der Waals surface area contributed by atoms with Crippen LogP contribution in [0.25, 0.3) is 0 Å². The highest BCUT2D eigenvalue weighted by atomic mass is 35.5. The standard InChI is InChI=1S/C19H21ClN2O5/c1-3-9-26-17-11-15(16(22(24)25)12-18(17)27-10-4-2)21-19(23)13-7-5-6-8-14(13)20/h5-8,11-12H,3-4,9-10H2,1-2H3,(H,21,23). The number of benzene rings is 2. The Balaban J connectivity index is 2.42. The van der Waals surface area contributed by atoms with Gasteiger partial charge in [-0.2, -0.15) is 0 Å². The van der Waals surface area contributed by atoms with E-state index >= 15 is 0 Å². The van der Waals surface area contributed by atoms with E-state index in [1.807, 2.05) is 13.8 Å². The van der Waals surface area contributed by atoms with Crippen LogP contribution in [0.4, 0.5) is 11.4 Å². The van der Waals surface area contributed by atoms with E-state index < -0.39 is 10.8 Å². The van der Waals surface area contributed by atoms with E-state index in [0.717, 1.165) is 12.8 Å². The van der Waals surface area contributed by atoms with Crippen LogP contribution in [-0.2, 0) is 0 Å². The van der Waals surface area contributed by atoms with Gasteiger partial charge in [0.2, 0.25) is 0 Å². The lowest BCUT2D eigenvalue weighted by atomic mass is 10.2. The number of carbonyl (C=O) groups is 1. The normalized spacial score (nSPS) is 10.3. The highest BCUT2D eigenvalue weighted by Gasteiger charge is 2.23. The number of hydrogen-bond donors (Lipinski definition) is 1. The summed E-state index contributed by atoms with van der Waals surface area (Å²) in [6, 6.07) is 9.14. The van der Waals surface area contributed by atoms with Crippen molar-refractivity contribution in [2.75, 3.05) is 18.5 Å². The molecule has 8 heteroatoms. The Morgan fingerprint density at radius 2 is 1.70 bits per heavy atom. The first-order valence-electron chi connectivity index (χ1n) is 8.61. The van der Waals surface area contributed by atoms with Gasteiger partial charge in [0.05, 0.1) is 34.8 Å². The topological polar surface area (TPSA) is 90.7 Å². The molecule has 27 heavy (non-hydrogen) atoms. The van der Waals surface area contributed by atoms with Gasteiger partial charge in [0, 0.05) is 6.07 Å². The van der Waals surface area contributed by atoms with E-state index in [2.05, 4.69) is 5.32 Å². The molecule has 2 aromatic carbocycles. The van der Waals surface area contributed by atoms with Crippen LogP contribution in [0.3, 0.4) is 0 Å². The Bertz CT molecular complexity index is 826. The smallest absolute Gasteiger partial charge is 0.296 e. The fourth-order valence-corrected chi connectivity index (χ4v) is 2.51. The van der Waals surface area contributed by atoms with E-state index in [1.54, 1.807) is 18.2 Å². The molecule has 0 aliphatic carbocycles. The minimum atomic E-state index is -0.579. The van der Waals surface area contributed by atoms with Gasteiger partial charge in [0.15, 0.2) is 11.5 Å². The van der Waals surface area contributed by atoms with E-state index in [9.17, 15) is 14.9 Å². The predicted octanol–water partition coefficient (Wildman–Crippen LogP) is 5.08. The second-order valence-electron chi connectivity index (χ2n) is 5.70. The molecule has 0 spiro atoms. The van der Waals surface area contributed by atoms with Gasteiger partial charge < -0.3 is 14.8 Å². The average Bonchev–Trinajstić information content (AvgIpc) is 2.65. The molecule has 0 unspecified atom stereocenters. The van der Waals surface area contributed by atoms with Crippen LogP contribution in [0.2, 0.25) is 5.02 Å². The quantitative estimate of drug-likeness (QED) is 0.474. The van der Waals surface area contributed by atoms with Gasteiger partial charge in [-0.05, 0) is 25.0 Å². The van der Waals surface area contributed by atoms with Crippen molar-refractivity contribution < 1.29 is 19.2 Å². The third-order valence-electron chi connectivity index (χ3n) is 3.55. The van der Waals surface area contributed by atoms with Crippen molar-refractivity contribution in [3.63, 3.8) is 0 Å². The zero-order valence-electron chi connectivity index (χ0n) is 15.2. The molecule has 0 radical (unpaired) electrons. The van der Waals surface area contributed by atoms with E-state index in [0.29, 0.717) is 19.0 Å². The Morgan fingerprint density at radius 1 is 1.11 bits per heavy atom. The number of nitrogens with one attached hydrogen (secondary N) is 1. The number of rotatable bonds is 9. The summed E-state index contributed by atoms with van der Waals surface area (Å²) in [5.74, 6) is 0.0606. The average molecular weight is 393 g/mol. The maximum atomic E-state index is 12.5. The minimum absolute atomic E-state index is 0.0138. The van der Waals surface area contributed by atoms with Gasteiger partial charge in [-0.3, -0.25) is 14.9 Å². The van der Waals surface area contributed by atoms with Crippen LogP contribution < -0.4 is 14.8 Å². The molecule has 0 atom stereocenters. The number of nitrogens with zero attached hydrogens (tertiary/aromatic N) is 1. The van der Waals surface area contributed by atoms with Crippen LogP contribution in [0.1, 0.15) is 37.0 Å². The first kappa shape index (κ1) is 20.5. The third kappa shape index (κ3) is 5.34.